The summed E-state index contributed by atoms with van der Waals surface area (Å²) in [6, 6.07) is 13.6. The molecule has 0 atom stereocenters. The van der Waals surface area contributed by atoms with Gasteiger partial charge in [0.2, 0.25) is 0 Å². The van der Waals surface area contributed by atoms with Crippen LogP contribution in [-0.4, -0.2) is 9.55 Å². The fourth-order valence-corrected chi connectivity index (χ4v) is 2.45. The van der Waals surface area contributed by atoms with E-state index in [9.17, 15) is 0 Å². The van der Waals surface area contributed by atoms with Gasteiger partial charge in [0.15, 0.2) is 0 Å². The second kappa shape index (κ2) is 4.59. The van der Waals surface area contributed by atoms with Crippen LogP contribution in [0, 0.1) is 6.92 Å². The molecule has 19 heavy (non-hydrogen) atoms. The van der Waals surface area contributed by atoms with E-state index in [4.69, 9.17) is 17.3 Å². The van der Waals surface area contributed by atoms with E-state index in [0.29, 0.717) is 6.54 Å². The van der Waals surface area contributed by atoms with Crippen molar-refractivity contribution in [2.45, 2.75) is 13.5 Å². The minimum absolute atomic E-state index is 0.700. The first-order valence-electron chi connectivity index (χ1n) is 6.11. The van der Waals surface area contributed by atoms with Gasteiger partial charge in [-0.2, -0.15) is 0 Å². The maximum Gasteiger partial charge on any atom is 0.107 e. The van der Waals surface area contributed by atoms with Crippen molar-refractivity contribution in [3.63, 3.8) is 0 Å². The van der Waals surface area contributed by atoms with Gasteiger partial charge in [-0.15, -0.1) is 0 Å². The number of aryl methyl sites for hydroxylation is 1. The molecule has 0 amide bonds. The van der Waals surface area contributed by atoms with Gasteiger partial charge in [-0.1, -0.05) is 29.8 Å². The van der Waals surface area contributed by atoms with Crippen molar-refractivity contribution in [1.29, 1.82) is 0 Å². The van der Waals surface area contributed by atoms with E-state index in [1.54, 1.807) is 0 Å². The van der Waals surface area contributed by atoms with Crippen LogP contribution in [0.3, 0.4) is 0 Å². The minimum Gasteiger partial charge on any atom is -0.399 e. The number of hydrogen-bond acceptors (Lipinski definition) is 2. The molecule has 1 heterocycles. The zero-order valence-corrected chi connectivity index (χ0v) is 11.4. The first-order valence-corrected chi connectivity index (χ1v) is 6.49. The lowest BCUT2D eigenvalue weighted by Crippen LogP contribution is -2.02. The van der Waals surface area contributed by atoms with Crippen LogP contribution in [0.1, 0.15) is 11.4 Å². The van der Waals surface area contributed by atoms with E-state index in [2.05, 4.69) is 9.55 Å². The molecule has 2 aromatic carbocycles. The molecule has 0 aliphatic rings. The average molecular weight is 272 g/mol. The Hall–Kier alpha value is -2.00. The van der Waals surface area contributed by atoms with Gasteiger partial charge in [-0.3, -0.25) is 0 Å². The monoisotopic (exact) mass is 271 g/mol. The highest BCUT2D eigenvalue weighted by Crippen LogP contribution is 2.22. The Morgan fingerprint density at radius 3 is 2.79 bits per heavy atom. The summed E-state index contributed by atoms with van der Waals surface area (Å²) in [5.41, 5.74) is 9.68. The van der Waals surface area contributed by atoms with E-state index in [1.165, 1.54) is 0 Å². The van der Waals surface area contributed by atoms with Gasteiger partial charge in [-0.25, -0.2) is 4.98 Å². The standard InChI is InChI=1S/C15H14ClN3/c1-10-18-14-7-6-12(17)8-15(14)19(10)9-11-4-2-3-5-13(11)16/h2-8H,9,17H2,1H3. The summed E-state index contributed by atoms with van der Waals surface area (Å²) in [5.74, 6) is 0.959. The molecule has 0 radical (unpaired) electrons. The van der Waals surface area contributed by atoms with Gasteiger partial charge in [0.1, 0.15) is 5.82 Å². The van der Waals surface area contributed by atoms with Gasteiger partial charge >= 0.3 is 0 Å². The summed E-state index contributed by atoms with van der Waals surface area (Å²) in [7, 11) is 0. The third-order valence-electron chi connectivity index (χ3n) is 3.25. The number of imidazole rings is 1. The Kier molecular flexibility index (Phi) is 2.91. The van der Waals surface area contributed by atoms with E-state index >= 15 is 0 Å². The molecule has 0 fully saturated rings. The quantitative estimate of drug-likeness (QED) is 0.724. The third-order valence-corrected chi connectivity index (χ3v) is 3.62. The summed E-state index contributed by atoms with van der Waals surface area (Å²) in [4.78, 5) is 4.54. The number of nitrogens with two attached hydrogens (primary N) is 1. The molecule has 96 valence electrons. The van der Waals surface area contributed by atoms with E-state index < -0.39 is 0 Å². The molecule has 0 aliphatic heterocycles. The van der Waals surface area contributed by atoms with Crippen molar-refractivity contribution in [2.24, 2.45) is 0 Å². The maximum absolute atomic E-state index is 6.22. The van der Waals surface area contributed by atoms with Crippen molar-refractivity contribution < 1.29 is 0 Å². The Labute approximate surface area is 116 Å². The maximum atomic E-state index is 6.22. The lowest BCUT2D eigenvalue weighted by Gasteiger charge is -2.09. The molecule has 1 aromatic heterocycles. The van der Waals surface area contributed by atoms with Gasteiger partial charge in [0.25, 0.3) is 0 Å². The molecular formula is C15H14ClN3. The van der Waals surface area contributed by atoms with E-state index in [-0.39, 0.29) is 0 Å². The molecule has 0 spiro atoms. The smallest absolute Gasteiger partial charge is 0.107 e. The van der Waals surface area contributed by atoms with Crippen molar-refractivity contribution in [3.8, 4) is 0 Å². The lowest BCUT2D eigenvalue weighted by atomic mass is 10.2. The first kappa shape index (κ1) is 12.1. The summed E-state index contributed by atoms with van der Waals surface area (Å²) < 4.78 is 2.13. The molecule has 0 saturated heterocycles. The molecule has 3 rings (SSSR count). The van der Waals surface area contributed by atoms with Gasteiger partial charge in [-0.05, 0) is 36.8 Å². The van der Waals surface area contributed by atoms with Crippen molar-refractivity contribution >= 4 is 28.3 Å². The first-order chi connectivity index (χ1) is 9.15. The van der Waals surface area contributed by atoms with Crippen molar-refractivity contribution in [3.05, 3.63) is 58.9 Å². The van der Waals surface area contributed by atoms with Crippen LogP contribution in [0.15, 0.2) is 42.5 Å². The largest absolute Gasteiger partial charge is 0.399 e. The molecule has 3 nitrogen and oxygen atoms in total. The Balaban J connectivity index is 2.12. The SMILES string of the molecule is Cc1nc2ccc(N)cc2n1Cc1ccccc1Cl. The molecule has 0 aliphatic carbocycles. The normalized spacial score (nSPS) is 11.1. The summed E-state index contributed by atoms with van der Waals surface area (Å²) >= 11 is 6.22. The predicted molar refractivity (Wildman–Crippen MR) is 79.4 cm³/mol. The third kappa shape index (κ3) is 2.17. The second-order valence-corrected chi connectivity index (χ2v) is 4.99. The number of anilines is 1. The molecule has 0 unspecified atom stereocenters. The Morgan fingerprint density at radius 1 is 1.21 bits per heavy atom. The van der Waals surface area contributed by atoms with Crippen molar-refractivity contribution in [1.82, 2.24) is 9.55 Å². The minimum atomic E-state index is 0.700. The number of hydrogen-bond donors (Lipinski definition) is 1. The zero-order chi connectivity index (χ0) is 13.4. The van der Waals surface area contributed by atoms with E-state index in [1.807, 2.05) is 49.4 Å². The molecule has 0 bridgehead atoms. The molecular weight excluding hydrogens is 258 g/mol. The highest BCUT2D eigenvalue weighted by Gasteiger charge is 2.09. The summed E-state index contributed by atoms with van der Waals surface area (Å²) in [6.07, 6.45) is 0. The topological polar surface area (TPSA) is 43.8 Å². The van der Waals surface area contributed by atoms with Gasteiger partial charge in [0, 0.05) is 10.7 Å². The molecule has 0 saturated carbocycles. The van der Waals surface area contributed by atoms with E-state index in [0.717, 1.165) is 33.1 Å². The highest BCUT2D eigenvalue weighted by molar-refractivity contribution is 6.31. The zero-order valence-electron chi connectivity index (χ0n) is 10.6. The number of rotatable bonds is 2. The Morgan fingerprint density at radius 2 is 2.00 bits per heavy atom. The number of aromatic nitrogens is 2. The predicted octanol–water partition coefficient (Wildman–Crippen LogP) is 3.63. The van der Waals surface area contributed by atoms with Crippen molar-refractivity contribution in [2.75, 3.05) is 5.73 Å². The van der Waals surface area contributed by atoms with Crippen LogP contribution in [0.5, 0.6) is 0 Å². The highest BCUT2D eigenvalue weighted by atomic mass is 35.5. The molecule has 4 heteroatoms. The second-order valence-electron chi connectivity index (χ2n) is 4.58. The van der Waals surface area contributed by atoms with Crippen LogP contribution < -0.4 is 5.73 Å². The lowest BCUT2D eigenvalue weighted by molar-refractivity contribution is 0.786. The van der Waals surface area contributed by atoms with Crippen LogP contribution in [0.4, 0.5) is 5.69 Å². The number of halogens is 1. The summed E-state index contributed by atoms with van der Waals surface area (Å²) in [5, 5.41) is 0.771. The molecule has 3 aromatic rings. The van der Waals surface area contributed by atoms with Crippen LogP contribution in [0.25, 0.3) is 11.0 Å². The number of nitrogens with zero attached hydrogens (tertiary/aromatic N) is 2. The van der Waals surface area contributed by atoms with Crippen LogP contribution in [0.2, 0.25) is 5.02 Å². The number of fused-ring (bicyclic) bond motifs is 1. The molecule has 2 N–H and O–H groups in total. The van der Waals surface area contributed by atoms with Crippen LogP contribution >= 0.6 is 11.6 Å². The van der Waals surface area contributed by atoms with Crippen LogP contribution in [-0.2, 0) is 6.54 Å². The summed E-state index contributed by atoms with van der Waals surface area (Å²) in [6.45, 7) is 2.69. The Bertz CT molecular complexity index is 746. The van der Waals surface area contributed by atoms with Gasteiger partial charge < -0.3 is 10.3 Å². The fourth-order valence-electron chi connectivity index (χ4n) is 2.26. The number of benzene rings is 2. The van der Waals surface area contributed by atoms with Gasteiger partial charge in [0.05, 0.1) is 17.6 Å². The fraction of sp³-hybridized carbons (Fsp3) is 0.133. The number of nitrogen functional groups attached to an aromatic ring is 1. The average Bonchev–Trinajstić information content (AvgIpc) is 2.69.